The molecular weight excluding hydrogens is 458 g/mol. The summed E-state index contributed by atoms with van der Waals surface area (Å²) < 4.78 is 21.0. The van der Waals surface area contributed by atoms with E-state index in [4.69, 9.17) is 18.9 Å². The van der Waals surface area contributed by atoms with Crippen LogP contribution in [0, 0.1) is 0 Å². The van der Waals surface area contributed by atoms with Gasteiger partial charge in [-0.15, -0.1) is 0 Å². The summed E-state index contributed by atoms with van der Waals surface area (Å²) in [5, 5.41) is 12.8. The van der Waals surface area contributed by atoms with Crippen molar-refractivity contribution in [2.45, 2.75) is 91.3 Å². The number of aliphatic carboxylic acids is 1. The maximum atomic E-state index is 12.3. The molecule has 35 heavy (non-hydrogen) atoms. The summed E-state index contributed by atoms with van der Waals surface area (Å²) in [7, 11) is 0. The molecule has 0 aromatic heterocycles. The molecule has 0 aliphatic carbocycles. The Morgan fingerprint density at radius 3 is 2.06 bits per heavy atom. The normalized spacial score (nSPS) is 12.5. The average molecular weight is 496 g/mol. The average Bonchev–Trinajstić information content (AvgIpc) is 2.75. The highest BCUT2D eigenvalue weighted by molar-refractivity contribution is 5.81. The second-order valence-electron chi connectivity index (χ2n) is 8.39. The SMILES string of the molecule is CCCCOC(=O)O[C@](Cc1ccc(OC(=O)CCC)c(OC(=O)CCC)c1)(NC(C)C)C(=O)O. The van der Waals surface area contributed by atoms with Crippen LogP contribution < -0.4 is 14.8 Å². The Bertz CT molecular complexity index is 868. The van der Waals surface area contributed by atoms with E-state index in [9.17, 15) is 24.3 Å². The summed E-state index contributed by atoms with van der Waals surface area (Å²) in [5.74, 6) is -2.44. The van der Waals surface area contributed by atoms with Crippen molar-refractivity contribution < 1.29 is 43.2 Å². The van der Waals surface area contributed by atoms with Gasteiger partial charge in [0.05, 0.1) is 6.61 Å². The predicted octanol–water partition coefficient (Wildman–Crippen LogP) is 4.37. The summed E-state index contributed by atoms with van der Waals surface area (Å²) in [4.78, 5) is 48.7. The summed E-state index contributed by atoms with van der Waals surface area (Å²) >= 11 is 0. The third-order valence-corrected chi connectivity index (χ3v) is 4.66. The topological polar surface area (TPSA) is 137 Å². The van der Waals surface area contributed by atoms with Crippen LogP contribution in [0.1, 0.15) is 78.7 Å². The van der Waals surface area contributed by atoms with Gasteiger partial charge in [0.25, 0.3) is 5.72 Å². The highest BCUT2D eigenvalue weighted by Gasteiger charge is 2.44. The lowest BCUT2D eigenvalue weighted by Crippen LogP contribution is -2.59. The second-order valence-corrected chi connectivity index (χ2v) is 8.39. The molecule has 0 aliphatic heterocycles. The molecule has 0 spiro atoms. The van der Waals surface area contributed by atoms with E-state index in [0.29, 0.717) is 24.8 Å². The van der Waals surface area contributed by atoms with E-state index in [1.54, 1.807) is 13.8 Å². The highest BCUT2D eigenvalue weighted by Crippen LogP contribution is 2.31. The molecule has 1 atom stereocenters. The number of carbonyl (C=O) groups excluding carboxylic acids is 3. The standard InChI is InChI=1S/C25H37NO9/c1-6-9-14-32-24(31)35-25(23(29)30,26-17(4)5)16-18-12-13-19(33-21(27)10-7-2)20(15-18)34-22(28)11-8-3/h12-13,15,17,26H,6-11,14,16H2,1-5H3,(H,29,30)/t25-/m0/s1. The molecule has 10 heteroatoms. The summed E-state index contributed by atoms with van der Waals surface area (Å²) in [6.07, 6.45) is 1.42. The van der Waals surface area contributed by atoms with E-state index < -0.39 is 29.8 Å². The van der Waals surface area contributed by atoms with E-state index in [1.165, 1.54) is 18.2 Å². The Labute approximate surface area is 206 Å². The van der Waals surface area contributed by atoms with Gasteiger partial charge < -0.3 is 24.1 Å². The zero-order valence-corrected chi connectivity index (χ0v) is 21.2. The smallest absolute Gasteiger partial charge is 0.477 e. The van der Waals surface area contributed by atoms with Gasteiger partial charge in [-0.3, -0.25) is 14.9 Å². The first-order chi connectivity index (χ1) is 16.6. The predicted molar refractivity (Wildman–Crippen MR) is 127 cm³/mol. The molecule has 1 rings (SSSR count). The van der Waals surface area contributed by atoms with Gasteiger partial charge in [0, 0.05) is 25.3 Å². The van der Waals surface area contributed by atoms with Crippen LogP contribution in [-0.4, -0.2) is 47.5 Å². The van der Waals surface area contributed by atoms with Crippen LogP contribution in [0.2, 0.25) is 0 Å². The van der Waals surface area contributed by atoms with Crippen LogP contribution in [0.5, 0.6) is 11.5 Å². The minimum absolute atomic E-state index is 0.0280. The Hall–Kier alpha value is -3.14. The summed E-state index contributed by atoms with van der Waals surface area (Å²) in [5.41, 5.74) is -1.79. The molecule has 196 valence electrons. The largest absolute Gasteiger partial charge is 0.510 e. The van der Waals surface area contributed by atoms with Gasteiger partial charge in [-0.1, -0.05) is 33.3 Å². The Kier molecular flexibility index (Phi) is 12.8. The molecule has 2 N–H and O–H groups in total. The van der Waals surface area contributed by atoms with Gasteiger partial charge in [-0.25, -0.2) is 9.59 Å². The maximum Gasteiger partial charge on any atom is 0.510 e. The first-order valence-corrected chi connectivity index (χ1v) is 12.0. The zero-order chi connectivity index (χ0) is 26.4. The van der Waals surface area contributed by atoms with Crippen molar-refractivity contribution in [3.05, 3.63) is 23.8 Å². The third kappa shape index (κ3) is 10.3. The molecule has 0 bridgehead atoms. The van der Waals surface area contributed by atoms with Crippen LogP contribution in [0.4, 0.5) is 4.79 Å². The van der Waals surface area contributed by atoms with Crippen molar-refractivity contribution in [1.82, 2.24) is 5.32 Å². The van der Waals surface area contributed by atoms with Gasteiger partial charge in [0.2, 0.25) is 0 Å². The number of carbonyl (C=O) groups is 4. The fourth-order valence-corrected chi connectivity index (χ4v) is 3.11. The van der Waals surface area contributed by atoms with Crippen LogP contribution in [0.3, 0.4) is 0 Å². The number of ether oxygens (including phenoxy) is 4. The van der Waals surface area contributed by atoms with Gasteiger partial charge in [0.15, 0.2) is 11.5 Å². The lowest BCUT2D eigenvalue weighted by atomic mass is 10.0. The summed E-state index contributed by atoms with van der Waals surface area (Å²) in [6, 6.07) is 3.95. The molecular formula is C25H37NO9. The molecule has 0 fully saturated rings. The molecule has 0 amide bonds. The number of carboxylic acids is 1. The van der Waals surface area contributed by atoms with E-state index in [-0.39, 0.29) is 43.4 Å². The molecule has 1 aromatic rings. The lowest BCUT2D eigenvalue weighted by Gasteiger charge is -2.31. The quantitative estimate of drug-likeness (QED) is 0.156. The molecule has 0 heterocycles. The number of benzene rings is 1. The van der Waals surface area contributed by atoms with Gasteiger partial charge in [-0.05, 0) is 50.8 Å². The number of rotatable bonds is 15. The third-order valence-electron chi connectivity index (χ3n) is 4.66. The maximum absolute atomic E-state index is 12.3. The van der Waals surface area contributed by atoms with Gasteiger partial charge >= 0.3 is 24.1 Å². The highest BCUT2D eigenvalue weighted by atomic mass is 16.7. The van der Waals surface area contributed by atoms with Crippen molar-refractivity contribution in [1.29, 1.82) is 0 Å². The van der Waals surface area contributed by atoms with Crippen LogP contribution in [-0.2, 0) is 30.3 Å². The number of esters is 2. The molecule has 0 saturated carbocycles. The van der Waals surface area contributed by atoms with Crippen LogP contribution in [0.25, 0.3) is 0 Å². The lowest BCUT2D eigenvalue weighted by molar-refractivity contribution is -0.166. The number of hydrogen-bond acceptors (Lipinski definition) is 9. The first-order valence-electron chi connectivity index (χ1n) is 12.0. The minimum Gasteiger partial charge on any atom is -0.477 e. The second kappa shape index (κ2) is 15.0. The Morgan fingerprint density at radius 2 is 1.54 bits per heavy atom. The Morgan fingerprint density at radius 1 is 0.943 bits per heavy atom. The van der Waals surface area contributed by atoms with E-state index >= 15 is 0 Å². The van der Waals surface area contributed by atoms with E-state index in [2.05, 4.69) is 5.32 Å². The fourth-order valence-electron chi connectivity index (χ4n) is 3.11. The number of carboxylic acid groups (broad SMARTS) is 1. The number of unbranched alkanes of at least 4 members (excludes halogenated alkanes) is 1. The van der Waals surface area contributed by atoms with Gasteiger partial charge in [-0.2, -0.15) is 0 Å². The number of hydrogen-bond donors (Lipinski definition) is 2. The van der Waals surface area contributed by atoms with Crippen molar-refractivity contribution in [3.8, 4) is 11.5 Å². The molecule has 0 radical (unpaired) electrons. The molecule has 1 aromatic carbocycles. The van der Waals surface area contributed by atoms with Crippen molar-refractivity contribution in [2.75, 3.05) is 6.61 Å². The van der Waals surface area contributed by atoms with Crippen molar-refractivity contribution in [3.63, 3.8) is 0 Å². The fraction of sp³-hybridized carbons (Fsp3) is 0.600. The Balaban J connectivity index is 3.32. The van der Waals surface area contributed by atoms with E-state index in [0.717, 1.165) is 6.42 Å². The van der Waals surface area contributed by atoms with Crippen molar-refractivity contribution in [2.24, 2.45) is 0 Å². The van der Waals surface area contributed by atoms with Gasteiger partial charge in [0.1, 0.15) is 0 Å². The molecule has 0 unspecified atom stereocenters. The van der Waals surface area contributed by atoms with Crippen molar-refractivity contribution >= 4 is 24.1 Å². The summed E-state index contributed by atoms with van der Waals surface area (Å²) in [6.45, 7) is 9.07. The van der Waals surface area contributed by atoms with Crippen LogP contribution >= 0.6 is 0 Å². The molecule has 0 saturated heterocycles. The molecule has 10 nitrogen and oxygen atoms in total. The first kappa shape index (κ1) is 29.9. The molecule has 0 aliphatic rings. The zero-order valence-electron chi connectivity index (χ0n) is 21.2. The van der Waals surface area contributed by atoms with E-state index in [1.807, 2.05) is 20.8 Å². The minimum atomic E-state index is -2.15. The number of nitrogens with one attached hydrogen (secondary N) is 1. The monoisotopic (exact) mass is 495 g/mol. The van der Waals surface area contributed by atoms with Crippen LogP contribution in [0.15, 0.2) is 18.2 Å².